The molecule has 2 aliphatic heterocycles. The lowest BCUT2D eigenvalue weighted by Crippen LogP contribution is -2.46. The van der Waals surface area contributed by atoms with E-state index in [9.17, 15) is 9.59 Å². The molecule has 2 fully saturated rings. The first-order valence-corrected chi connectivity index (χ1v) is 9.49. The number of ketones is 2. The molecule has 0 aromatic heterocycles. The highest BCUT2D eigenvalue weighted by molar-refractivity contribution is 6.01. The third kappa shape index (κ3) is 5.20. The van der Waals surface area contributed by atoms with Crippen LogP contribution in [0.4, 0.5) is 0 Å². The van der Waals surface area contributed by atoms with E-state index in [-0.39, 0.29) is 11.6 Å². The highest BCUT2D eigenvalue weighted by Crippen LogP contribution is 2.10. The Morgan fingerprint density at radius 3 is 1.27 bits per heavy atom. The summed E-state index contributed by atoms with van der Waals surface area (Å²) in [6.45, 7) is 8.69. The van der Waals surface area contributed by atoms with Crippen molar-refractivity contribution in [3.63, 3.8) is 0 Å². The zero-order valence-corrected chi connectivity index (χ0v) is 16.0. The van der Waals surface area contributed by atoms with Crippen LogP contribution in [0.3, 0.4) is 0 Å². The summed E-state index contributed by atoms with van der Waals surface area (Å²) in [6.07, 6.45) is 0. The predicted molar refractivity (Wildman–Crippen MR) is 103 cm³/mol. The summed E-state index contributed by atoms with van der Waals surface area (Å²) < 4.78 is 0. The van der Waals surface area contributed by atoms with Crippen molar-refractivity contribution >= 4 is 11.6 Å². The Hall–Kier alpha value is -1.60. The smallest absolute Gasteiger partial charge is 0.176 e. The van der Waals surface area contributed by atoms with Gasteiger partial charge in [0.2, 0.25) is 0 Å². The van der Waals surface area contributed by atoms with Crippen molar-refractivity contribution in [2.24, 2.45) is 0 Å². The molecule has 0 N–H and O–H groups in total. The summed E-state index contributed by atoms with van der Waals surface area (Å²) in [6, 6.07) is 7.20. The average Bonchev–Trinajstić information content (AvgIpc) is 2.65. The molecule has 0 radical (unpaired) electrons. The molecule has 2 heterocycles. The molecule has 1 aromatic carbocycles. The van der Waals surface area contributed by atoms with Crippen molar-refractivity contribution in [2.75, 3.05) is 79.5 Å². The minimum atomic E-state index is 0.132. The number of rotatable bonds is 6. The minimum absolute atomic E-state index is 0.132. The molecular weight excluding hydrogens is 328 g/mol. The van der Waals surface area contributed by atoms with Crippen LogP contribution in [0.5, 0.6) is 0 Å². The van der Waals surface area contributed by atoms with Crippen molar-refractivity contribution in [3.8, 4) is 0 Å². The van der Waals surface area contributed by atoms with Gasteiger partial charge in [-0.05, 0) is 14.1 Å². The Morgan fingerprint density at radius 1 is 0.654 bits per heavy atom. The van der Waals surface area contributed by atoms with E-state index in [0.717, 1.165) is 52.4 Å². The molecule has 0 saturated carbocycles. The summed E-state index contributed by atoms with van der Waals surface area (Å²) in [4.78, 5) is 33.9. The first-order valence-electron chi connectivity index (χ1n) is 9.49. The highest BCUT2D eigenvalue weighted by Gasteiger charge is 2.19. The molecule has 0 bridgehead atoms. The molecular formula is C20H30N4O2. The fourth-order valence-corrected chi connectivity index (χ4v) is 3.44. The second kappa shape index (κ2) is 8.86. The molecule has 1 aromatic rings. The third-order valence-electron chi connectivity index (χ3n) is 5.46. The second-order valence-electron chi connectivity index (χ2n) is 7.58. The summed E-state index contributed by atoms with van der Waals surface area (Å²) in [5, 5.41) is 0. The van der Waals surface area contributed by atoms with Gasteiger partial charge in [0.1, 0.15) is 0 Å². The van der Waals surface area contributed by atoms with E-state index in [4.69, 9.17) is 0 Å². The Labute approximate surface area is 156 Å². The fourth-order valence-electron chi connectivity index (χ4n) is 3.44. The van der Waals surface area contributed by atoms with Gasteiger partial charge in [-0.15, -0.1) is 0 Å². The maximum absolute atomic E-state index is 12.5. The Balaban J connectivity index is 1.51. The highest BCUT2D eigenvalue weighted by atomic mass is 16.1. The lowest BCUT2D eigenvalue weighted by molar-refractivity contribution is 0.0866. The van der Waals surface area contributed by atoms with Crippen molar-refractivity contribution < 1.29 is 9.59 Å². The van der Waals surface area contributed by atoms with Crippen LogP contribution < -0.4 is 0 Å². The monoisotopic (exact) mass is 358 g/mol. The lowest BCUT2D eigenvalue weighted by Gasteiger charge is -2.32. The number of likely N-dealkylation sites (N-methyl/N-ethyl adjacent to an activating group) is 2. The van der Waals surface area contributed by atoms with Gasteiger partial charge in [0.15, 0.2) is 11.6 Å². The number of hydrogen-bond acceptors (Lipinski definition) is 6. The first kappa shape index (κ1) is 19.2. The zero-order chi connectivity index (χ0) is 18.5. The van der Waals surface area contributed by atoms with Gasteiger partial charge in [-0.2, -0.15) is 0 Å². The SMILES string of the molecule is CN1CCN(CC(=O)c2ccc(C(=O)CN3CCN(C)CC3)cc2)CC1. The van der Waals surface area contributed by atoms with Crippen LogP contribution in [0.1, 0.15) is 20.7 Å². The van der Waals surface area contributed by atoms with Crippen LogP contribution >= 0.6 is 0 Å². The maximum atomic E-state index is 12.5. The fraction of sp³-hybridized carbons (Fsp3) is 0.600. The number of benzene rings is 1. The third-order valence-corrected chi connectivity index (χ3v) is 5.46. The van der Waals surface area contributed by atoms with E-state index in [1.165, 1.54) is 0 Å². The summed E-state index contributed by atoms with van der Waals surface area (Å²) in [5.74, 6) is 0.264. The molecule has 0 aliphatic carbocycles. The van der Waals surface area contributed by atoms with Crippen LogP contribution in [0.2, 0.25) is 0 Å². The van der Waals surface area contributed by atoms with E-state index in [1.807, 2.05) is 0 Å². The zero-order valence-electron chi connectivity index (χ0n) is 16.0. The van der Waals surface area contributed by atoms with Crippen LogP contribution in [0, 0.1) is 0 Å². The number of carbonyl (C=O) groups excluding carboxylic acids is 2. The topological polar surface area (TPSA) is 47.1 Å². The van der Waals surface area contributed by atoms with E-state index in [0.29, 0.717) is 24.2 Å². The Bertz CT molecular complexity index is 560. The quantitative estimate of drug-likeness (QED) is 0.692. The summed E-state index contributed by atoms with van der Waals surface area (Å²) in [5.41, 5.74) is 1.39. The molecule has 6 heteroatoms. The summed E-state index contributed by atoms with van der Waals surface area (Å²) >= 11 is 0. The molecule has 0 unspecified atom stereocenters. The van der Waals surface area contributed by atoms with Crippen LogP contribution in [-0.2, 0) is 0 Å². The molecule has 26 heavy (non-hydrogen) atoms. The number of nitrogens with zero attached hydrogens (tertiary/aromatic N) is 4. The van der Waals surface area contributed by atoms with Gasteiger partial charge in [-0.1, -0.05) is 24.3 Å². The van der Waals surface area contributed by atoms with E-state index < -0.39 is 0 Å². The van der Waals surface area contributed by atoms with Crippen molar-refractivity contribution in [3.05, 3.63) is 35.4 Å². The number of hydrogen-bond donors (Lipinski definition) is 0. The predicted octanol–water partition coefficient (Wildman–Crippen LogP) is 0.547. The molecule has 0 amide bonds. The van der Waals surface area contributed by atoms with E-state index >= 15 is 0 Å². The van der Waals surface area contributed by atoms with Gasteiger partial charge in [-0.3, -0.25) is 19.4 Å². The second-order valence-corrected chi connectivity index (χ2v) is 7.58. The van der Waals surface area contributed by atoms with Crippen LogP contribution in [0.25, 0.3) is 0 Å². The Kier molecular flexibility index (Phi) is 6.53. The normalized spacial score (nSPS) is 21.0. The largest absolute Gasteiger partial charge is 0.304 e. The molecule has 142 valence electrons. The first-order chi connectivity index (χ1) is 12.5. The summed E-state index contributed by atoms with van der Waals surface area (Å²) in [7, 11) is 4.22. The molecule has 3 rings (SSSR count). The van der Waals surface area contributed by atoms with Gasteiger partial charge in [0.25, 0.3) is 0 Å². The van der Waals surface area contributed by atoms with Crippen LogP contribution in [-0.4, -0.2) is 111 Å². The number of carbonyl (C=O) groups is 2. The maximum Gasteiger partial charge on any atom is 0.176 e. The lowest BCUT2D eigenvalue weighted by atomic mass is 10.0. The van der Waals surface area contributed by atoms with Gasteiger partial charge in [0.05, 0.1) is 13.1 Å². The minimum Gasteiger partial charge on any atom is -0.304 e. The van der Waals surface area contributed by atoms with E-state index in [2.05, 4.69) is 33.7 Å². The number of Topliss-reactive ketones (excluding diaryl/α,β-unsaturated/α-hetero) is 2. The average molecular weight is 358 g/mol. The van der Waals surface area contributed by atoms with Crippen molar-refractivity contribution in [2.45, 2.75) is 0 Å². The molecule has 0 atom stereocenters. The molecule has 2 aliphatic rings. The van der Waals surface area contributed by atoms with Crippen LogP contribution in [0.15, 0.2) is 24.3 Å². The molecule has 6 nitrogen and oxygen atoms in total. The molecule has 2 saturated heterocycles. The molecule has 0 spiro atoms. The Morgan fingerprint density at radius 2 is 0.962 bits per heavy atom. The van der Waals surface area contributed by atoms with Crippen molar-refractivity contribution in [1.29, 1.82) is 0 Å². The van der Waals surface area contributed by atoms with Gasteiger partial charge in [-0.25, -0.2) is 0 Å². The van der Waals surface area contributed by atoms with Crippen molar-refractivity contribution in [1.82, 2.24) is 19.6 Å². The van der Waals surface area contributed by atoms with Gasteiger partial charge >= 0.3 is 0 Å². The number of piperazine rings is 2. The van der Waals surface area contributed by atoms with E-state index in [1.54, 1.807) is 24.3 Å². The standard InChI is InChI=1S/C20H30N4O2/c1-21-7-11-23(12-8-21)15-19(25)17-3-5-18(6-4-17)20(26)16-24-13-9-22(2)10-14-24/h3-6H,7-16H2,1-2H3. The van der Waals surface area contributed by atoms with Gasteiger partial charge in [0, 0.05) is 63.5 Å². The van der Waals surface area contributed by atoms with Gasteiger partial charge < -0.3 is 9.80 Å².